The predicted octanol–water partition coefficient (Wildman–Crippen LogP) is 3.28. The lowest BCUT2D eigenvalue weighted by Crippen LogP contribution is -2.53. The number of piperidine rings is 1. The first-order valence-electron chi connectivity index (χ1n) is 10.7. The molecule has 2 aromatic carbocycles. The van der Waals surface area contributed by atoms with Crippen molar-refractivity contribution >= 4 is 21.7 Å². The van der Waals surface area contributed by atoms with Crippen LogP contribution >= 0.6 is 0 Å². The Kier molecular flexibility index (Phi) is 6.25. The van der Waals surface area contributed by atoms with Gasteiger partial charge in [0, 0.05) is 30.4 Å². The van der Waals surface area contributed by atoms with Crippen molar-refractivity contribution in [3.05, 3.63) is 54.1 Å². The Morgan fingerprint density at radius 2 is 1.76 bits per heavy atom. The molecule has 0 amide bonds. The summed E-state index contributed by atoms with van der Waals surface area (Å²) >= 11 is 0. The summed E-state index contributed by atoms with van der Waals surface area (Å²) in [6.45, 7) is 2.24. The van der Waals surface area contributed by atoms with Crippen LogP contribution in [-0.2, 0) is 15.7 Å². The average molecular weight is 498 g/mol. The van der Waals surface area contributed by atoms with Crippen LogP contribution < -0.4 is 15.8 Å². The third kappa shape index (κ3) is 4.57. The van der Waals surface area contributed by atoms with E-state index in [-0.39, 0.29) is 25.1 Å². The van der Waals surface area contributed by atoms with Gasteiger partial charge in [0.25, 0.3) is 0 Å². The van der Waals surface area contributed by atoms with Gasteiger partial charge in [-0.2, -0.15) is 4.31 Å². The lowest BCUT2D eigenvalue weighted by Gasteiger charge is -2.46. The van der Waals surface area contributed by atoms with Crippen LogP contribution in [0.4, 0.5) is 18.9 Å². The second-order valence-electron chi connectivity index (χ2n) is 8.43. The van der Waals surface area contributed by atoms with E-state index in [9.17, 15) is 21.6 Å². The Hall–Kier alpha value is -2.83. The van der Waals surface area contributed by atoms with E-state index in [4.69, 9.17) is 5.73 Å². The molecule has 2 aromatic rings. The Labute approximate surface area is 196 Å². The fourth-order valence-electron chi connectivity index (χ4n) is 4.57. The van der Waals surface area contributed by atoms with E-state index in [0.717, 1.165) is 23.4 Å². The van der Waals surface area contributed by atoms with Crippen LogP contribution in [0.5, 0.6) is 5.75 Å². The number of aliphatic imine (C=N–C) groups is 1. The molecule has 12 heteroatoms. The number of rotatable bonds is 5. The molecule has 34 heavy (non-hydrogen) atoms. The van der Waals surface area contributed by atoms with Gasteiger partial charge in [0.2, 0.25) is 10.0 Å². The summed E-state index contributed by atoms with van der Waals surface area (Å²) in [6.07, 6.45) is -4.05. The highest BCUT2D eigenvalue weighted by Crippen LogP contribution is 2.40. The number of nitrogens with two attached hydrogens (primary N) is 1. The van der Waals surface area contributed by atoms with Gasteiger partial charge in [-0.1, -0.05) is 30.3 Å². The quantitative estimate of drug-likeness (QED) is 0.658. The van der Waals surface area contributed by atoms with E-state index in [1.165, 1.54) is 16.4 Å². The zero-order valence-corrected chi connectivity index (χ0v) is 19.5. The average Bonchev–Trinajstić information content (AvgIpc) is 2.77. The number of sulfonamides is 1. The number of ether oxygens (including phenoxy) is 1. The van der Waals surface area contributed by atoms with Gasteiger partial charge < -0.3 is 15.8 Å². The number of benzene rings is 2. The predicted molar refractivity (Wildman–Crippen MR) is 122 cm³/mol. The number of fused-ring (bicyclic) bond motifs is 1. The lowest BCUT2D eigenvalue weighted by atomic mass is 9.93. The van der Waals surface area contributed by atoms with Crippen LogP contribution in [0.1, 0.15) is 25.3 Å². The third-order valence-electron chi connectivity index (χ3n) is 6.39. The molecule has 184 valence electrons. The highest BCUT2D eigenvalue weighted by atomic mass is 32.2. The standard InChI is InChI=1S/C22H26F3N5O3S/c1-21(16-7-3-4-8-17(16)27-20(26)28-21)29(2)15-11-13-30(14-12-15)34(31,32)19-10-6-5-9-18(19)33-22(23,24)25/h3-10,15H,11-14H2,1-2H3,(H3,26,27,28). The van der Waals surface area contributed by atoms with Crippen molar-refractivity contribution in [2.45, 2.75) is 42.7 Å². The molecule has 3 N–H and O–H groups in total. The van der Waals surface area contributed by atoms with Gasteiger partial charge in [0.1, 0.15) is 16.3 Å². The first-order chi connectivity index (χ1) is 15.9. The summed E-state index contributed by atoms with van der Waals surface area (Å²) in [5, 5.41) is 3.06. The number of nitrogens with one attached hydrogen (secondary N) is 1. The number of hydrogen-bond donors (Lipinski definition) is 2. The molecule has 2 heterocycles. The molecule has 1 saturated heterocycles. The van der Waals surface area contributed by atoms with Crippen LogP contribution in [0, 0.1) is 0 Å². The fraction of sp³-hybridized carbons (Fsp3) is 0.409. The molecule has 0 aliphatic carbocycles. The SMILES string of the molecule is CN(C1CCN(S(=O)(=O)c2ccccc2OC(F)(F)F)CC1)C1(C)N=C(N)Nc2ccccc21. The van der Waals surface area contributed by atoms with Gasteiger partial charge in [-0.25, -0.2) is 13.4 Å². The first-order valence-corrected chi connectivity index (χ1v) is 12.2. The highest BCUT2D eigenvalue weighted by molar-refractivity contribution is 7.89. The number of guanidine groups is 1. The number of hydrogen-bond acceptors (Lipinski definition) is 7. The van der Waals surface area contributed by atoms with Crippen LogP contribution in [-0.4, -0.2) is 56.1 Å². The van der Waals surface area contributed by atoms with Gasteiger partial charge in [-0.3, -0.25) is 4.90 Å². The van der Waals surface area contributed by atoms with Gasteiger partial charge in [0.15, 0.2) is 5.96 Å². The van der Waals surface area contributed by atoms with Crippen molar-refractivity contribution in [2.75, 3.05) is 25.5 Å². The molecule has 0 saturated carbocycles. The molecular weight excluding hydrogens is 471 g/mol. The molecule has 1 atom stereocenters. The number of para-hydroxylation sites is 2. The summed E-state index contributed by atoms with van der Waals surface area (Å²) in [4.78, 5) is 6.22. The summed E-state index contributed by atoms with van der Waals surface area (Å²) in [6, 6.07) is 12.5. The Morgan fingerprint density at radius 1 is 1.15 bits per heavy atom. The van der Waals surface area contributed by atoms with E-state index in [0.29, 0.717) is 12.8 Å². The Balaban J connectivity index is 1.52. The number of anilines is 1. The molecule has 1 fully saturated rings. The molecule has 0 spiro atoms. The van der Waals surface area contributed by atoms with Crippen molar-refractivity contribution < 1.29 is 26.3 Å². The van der Waals surface area contributed by atoms with Gasteiger partial charge in [0.05, 0.1) is 0 Å². The molecule has 2 aliphatic heterocycles. The van der Waals surface area contributed by atoms with Crippen molar-refractivity contribution in [3.63, 3.8) is 0 Å². The van der Waals surface area contributed by atoms with Crippen LogP contribution in [0.3, 0.4) is 0 Å². The molecule has 0 radical (unpaired) electrons. The largest absolute Gasteiger partial charge is 0.573 e. The number of nitrogens with zero attached hydrogens (tertiary/aromatic N) is 3. The van der Waals surface area contributed by atoms with Gasteiger partial charge >= 0.3 is 6.36 Å². The normalized spacial score (nSPS) is 22.1. The van der Waals surface area contributed by atoms with Crippen molar-refractivity contribution in [3.8, 4) is 5.75 Å². The minimum absolute atomic E-state index is 0.0270. The minimum atomic E-state index is -5.00. The van der Waals surface area contributed by atoms with E-state index in [1.807, 2.05) is 38.2 Å². The molecule has 0 bridgehead atoms. The van der Waals surface area contributed by atoms with E-state index in [1.54, 1.807) is 0 Å². The van der Waals surface area contributed by atoms with Crippen LogP contribution in [0.25, 0.3) is 0 Å². The zero-order chi connectivity index (χ0) is 24.7. The topological polar surface area (TPSA) is 100 Å². The summed E-state index contributed by atoms with van der Waals surface area (Å²) in [7, 11) is -2.26. The third-order valence-corrected chi connectivity index (χ3v) is 8.33. The molecule has 8 nitrogen and oxygen atoms in total. The monoisotopic (exact) mass is 497 g/mol. The van der Waals surface area contributed by atoms with E-state index >= 15 is 0 Å². The number of halogens is 3. The summed E-state index contributed by atoms with van der Waals surface area (Å²) in [5.74, 6) is -0.452. The second-order valence-corrected chi connectivity index (χ2v) is 10.3. The highest BCUT2D eigenvalue weighted by Gasteiger charge is 2.42. The second kappa shape index (κ2) is 8.75. The molecule has 1 unspecified atom stereocenters. The van der Waals surface area contributed by atoms with E-state index < -0.39 is 32.7 Å². The minimum Gasteiger partial charge on any atom is -0.404 e. The maximum absolute atomic E-state index is 13.2. The lowest BCUT2D eigenvalue weighted by molar-refractivity contribution is -0.275. The molecule has 4 rings (SSSR count). The van der Waals surface area contributed by atoms with Crippen molar-refractivity contribution in [1.29, 1.82) is 0 Å². The Morgan fingerprint density at radius 3 is 2.44 bits per heavy atom. The Bertz CT molecular complexity index is 1200. The first kappa shape index (κ1) is 24.3. The maximum atomic E-state index is 13.2. The molecule has 0 aromatic heterocycles. The zero-order valence-electron chi connectivity index (χ0n) is 18.7. The van der Waals surface area contributed by atoms with E-state index in [2.05, 4.69) is 19.9 Å². The van der Waals surface area contributed by atoms with Crippen molar-refractivity contribution in [1.82, 2.24) is 9.21 Å². The van der Waals surface area contributed by atoms with Crippen LogP contribution in [0.15, 0.2) is 58.4 Å². The van der Waals surface area contributed by atoms with Gasteiger partial charge in [-0.05, 0) is 45.0 Å². The fourth-order valence-corrected chi connectivity index (χ4v) is 6.16. The summed E-state index contributed by atoms with van der Waals surface area (Å²) in [5.41, 5.74) is 7.06. The molecule has 2 aliphatic rings. The summed E-state index contributed by atoms with van der Waals surface area (Å²) < 4.78 is 69.8. The molecular formula is C22H26F3N5O3S. The number of alkyl halides is 3. The van der Waals surface area contributed by atoms with Crippen LogP contribution in [0.2, 0.25) is 0 Å². The van der Waals surface area contributed by atoms with Gasteiger partial charge in [-0.15, -0.1) is 13.2 Å². The smallest absolute Gasteiger partial charge is 0.404 e. The van der Waals surface area contributed by atoms with Crippen molar-refractivity contribution in [2.24, 2.45) is 10.7 Å². The maximum Gasteiger partial charge on any atom is 0.573 e.